The van der Waals surface area contributed by atoms with Crippen LogP contribution in [-0.4, -0.2) is 59.7 Å². The molecule has 4 rings (SSSR count). The van der Waals surface area contributed by atoms with Crippen molar-refractivity contribution in [3.05, 3.63) is 25.0 Å². The maximum atomic E-state index is 12.5. The maximum Gasteiger partial charge on any atom is 0.229 e. The van der Waals surface area contributed by atoms with E-state index >= 15 is 0 Å². The van der Waals surface area contributed by atoms with Gasteiger partial charge in [0.1, 0.15) is 24.8 Å². The molecule has 0 aliphatic carbocycles. The van der Waals surface area contributed by atoms with Crippen LogP contribution in [0.25, 0.3) is 5.82 Å². The zero-order chi connectivity index (χ0) is 19.3. The molecule has 0 unspecified atom stereocenters. The summed E-state index contributed by atoms with van der Waals surface area (Å²) in [7, 11) is 0. The summed E-state index contributed by atoms with van der Waals surface area (Å²) in [6.45, 7) is 3.56. The smallest absolute Gasteiger partial charge is 0.229 e. The van der Waals surface area contributed by atoms with Crippen molar-refractivity contribution < 1.29 is 4.79 Å². The summed E-state index contributed by atoms with van der Waals surface area (Å²) in [5.41, 5.74) is 0. The van der Waals surface area contributed by atoms with Crippen molar-refractivity contribution >= 4 is 40.0 Å². The van der Waals surface area contributed by atoms with E-state index in [0.717, 1.165) is 41.8 Å². The average molecular weight is 418 g/mol. The highest BCUT2D eigenvalue weighted by atomic mass is 32.2. The number of carbonyl (C=O) groups is 1. The molecule has 0 radical (unpaired) electrons. The third kappa shape index (κ3) is 4.28. The molecule has 1 N–H and O–H groups in total. The second-order valence-electron chi connectivity index (χ2n) is 6.13. The number of aromatic nitrogens is 7. The monoisotopic (exact) mass is 417 g/mol. The predicted molar refractivity (Wildman–Crippen MR) is 107 cm³/mol. The number of anilines is 2. The molecule has 146 valence electrons. The number of nitrogens with one attached hydrogen (secondary N) is 1. The fourth-order valence-electron chi connectivity index (χ4n) is 2.98. The molecular formula is C16H19N9OS2. The van der Waals surface area contributed by atoms with E-state index in [2.05, 4.69) is 47.4 Å². The van der Waals surface area contributed by atoms with Crippen LogP contribution in [0.3, 0.4) is 0 Å². The summed E-state index contributed by atoms with van der Waals surface area (Å²) < 4.78 is 2.47. The van der Waals surface area contributed by atoms with Gasteiger partial charge in [-0.15, -0.1) is 10.2 Å². The largest absolute Gasteiger partial charge is 0.356 e. The van der Waals surface area contributed by atoms with Crippen LogP contribution in [0, 0.1) is 5.92 Å². The Labute approximate surface area is 169 Å². The fraction of sp³-hybridized carbons (Fsp3) is 0.438. The van der Waals surface area contributed by atoms with Gasteiger partial charge in [0.25, 0.3) is 0 Å². The molecule has 0 spiro atoms. The summed E-state index contributed by atoms with van der Waals surface area (Å²) >= 11 is 3.04. The Hall–Kier alpha value is -2.60. The van der Waals surface area contributed by atoms with Gasteiger partial charge >= 0.3 is 0 Å². The SMILES string of the molecule is CCSc1nnc(NC(=O)C2CCN(c3cc(-n4cncn4)ncn3)CC2)s1. The summed E-state index contributed by atoms with van der Waals surface area (Å²) in [6.07, 6.45) is 6.09. The molecule has 1 amide bonds. The molecule has 3 aromatic rings. The third-order valence-corrected chi connectivity index (χ3v) is 6.24. The van der Waals surface area contributed by atoms with Gasteiger partial charge in [0.15, 0.2) is 10.2 Å². The van der Waals surface area contributed by atoms with Crippen molar-refractivity contribution in [3.63, 3.8) is 0 Å². The van der Waals surface area contributed by atoms with Crippen molar-refractivity contribution in [3.8, 4) is 5.82 Å². The van der Waals surface area contributed by atoms with Gasteiger partial charge in [-0.2, -0.15) is 5.10 Å². The average Bonchev–Trinajstić information content (AvgIpc) is 3.41. The number of rotatable bonds is 6. The first-order valence-corrected chi connectivity index (χ1v) is 10.7. The number of carbonyl (C=O) groups excluding carboxylic acids is 1. The fourth-order valence-corrected chi connectivity index (χ4v) is 4.63. The lowest BCUT2D eigenvalue weighted by Crippen LogP contribution is -2.38. The minimum Gasteiger partial charge on any atom is -0.356 e. The van der Waals surface area contributed by atoms with Crippen LogP contribution in [0.2, 0.25) is 0 Å². The molecule has 1 saturated heterocycles. The zero-order valence-corrected chi connectivity index (χ0v) is 16.9. The summed E-state index contributed by atoms with van der Waals surface area (Å²) in [6, 6.07) is 1.88. The molecule has 28 heavy (non-hydrogen) atoms. The standard InChI is InChI=1S/C16H19N9OS2/c1-2-27-16-23-22-15(28-16)21-14(26)11-3-5-24(6-4-11)12-7-13(19-9-18-12)25-10-17-8-20-25/h7-11H,2-6H2,1H3,(H,21,22,26). The minimum atomic E-state index is -0.0425. The Kier molecular flexibility index (Phi) is 5.76. The van der Waals surface area contributed by atoms with E-state index in [4.69, 9.17) is 0 Å². The number of amides is 1. The van der Waals surface area contributed by atoms with E-state index in [9.17, 15) is 4.79 Å². The molecular weight excluding hydrogens is 398 g/mol. The van der Waals surface area contributed by atoms with Crippen LogP contribution in [0.1, 0.15) is 19.8 Å². The molecule has 3 aromatic heterocycles. The van der Waals surface area contributed by atoms with Gasteiger partial charge in [0.2, 0.25) is 11.0 Å². The van der Waals surface area contributed by atoms with Gasteiger partial charge in [-0.05, 0) is 18.6 Å². The number of piperidine rings is 1. The number of hydrogen-bond donors (Lipinski definition) is 1. The lowest BCUT2D eigenvalue weighted by molar-refractivity contribution is -0.120. The van der Waals surface area contributed by atoms with Gasteiger partial charge in [0.05, 0.1) is 0 Å². The van der Waals surface area contributed by atoms with Crippen LogP contribution in [0.4, 0.5) is 10.9 Å². The molecule has 10 nitrogen and oxygen atoms in total. The molecule has 0 bridgehead atoms. The molecule has 1 fully saturated rings. The van der Waals surface area contributed by atoms with Crippen molar-refractivity contribution in [1.82, 2.24) is 34.9 Å². The van der Waals surface area contributed by atoms with Crippen molar-refractivity contribution in [2.75, 3.05) is 29.1 Å². The van der Waals surface area contributed by atoms with Gasteiger partial charge in [-0.25, -0.2) is 19.6 Å². The number of nitrogens with zero attached hydrogens (tertiary/aromatic N) is 8. The van der Waals surface area contributed by atoms with E-state index in [1.807, 2.05) is 6.07 Å². The quantitative estimate of drug-likeness (QED) is 0.474. The van der Waals surface area contributed by atoms with E-state index < -0.39 is 0 Å². The zero-order valence-electron chi connectivity index (χ0n) is 15.2. The number of thioether (sulfide) groups is 1. The molecule has 0 aromatic carbocycles. The van der Waals surface area contributed by atoms with Crippen LogP contribution < -0.4 is 10.2 Å². The maximum absolute atomic E-state index is 12.5. The van der Waals surface area contributed by atoms with Gasteiger partial charge in [0, 0.05) is 25.1 Å². The molecule has 4 heterocycles. The first-order valence-electron chi connectivity index (χ1n) is 8.92. The van der Waals surface area contributed by atoms with Crippen molar-refractivity contribution in [2.24, 2.45) is 5.92 Å². The van der Waals surface area contributed by atoms with Crippen molar-refractivity contribution in [1.29, 1.82) is 0 Å². The lowest BCUT2D eigenvalue weighted by Gasteiger charge is -2.31. The molecule has 12 heteroatoms. The third-order valence-electron chi connectivity index (χ3n) is 4.39. The first-order chi connectivity index (χ1) is 13.7. The second-order valence-corrected chi connectivity index (χ2v) is 8.62. The Bertz CT molecular complexity index is 922. The van der Waals surface area contributed by atoms with Gasteiger partial charge in [-0.3, -0.25) is 4.79 Å². The molecule has 0 atom stereocenters. The minimum absolute atomic E-state index is 0.00911. The first kappa shape index (κ1) is 18.7. The second kappa shape index (κ2) is 8.61. The predicted octanol–water partition coefficient (Wildman–Crippen LogP) is 1.88. The normalized spacial score (nSPS) is 15.0. The summed E-state index contributed by atoms with van der Waals surface area (Å²) in [5.74, 6) is 2.39. The Morgan fingerprint density at radius 1 is 1.25 bits per heavy atom. The molecule has 1 aliphatic heterocycles. The highest BCUT2D eigenvalue weighted by molar-refractivity contribution is 8.01. The highest BCUT2D eigenvalue weighted by Crippen LogP contribution is 2.27. The summed E-state index contributed by atoms with van der Waals surface area (Å²) in [5, 5.41) is 15.7. The lowest BCUT2D eigenvalue weighted by atomic mass is 9.96. The Morgan fingerprint density at radius 2 is 2.07 bits per heavy atom. The van der Waals surface area contributed by atoms with E-state index in [1.54, 1.807) is 22.8 Å². The van der Waals surface area contributed by atoms with E-state index in [-0.39, 0.29) is 11.8 Å². The van der Waals surface area contributed by atoms with Crippen LogP contribution in [-0.2, 0) is 4.79 Å². The van der Waals surface area contributed by atoms with Crippen LogP contribution >= 0.6 is 23.1 Å². The molecule has 1 aliphatic rings. The van der Waals surface area contributed by atoms with E-state index in [0.29, 0.717) is 10.9 Å². The van der Waals surface area contributed by atoms with Crippen LogP contribution in [0.15, 0.2) is 29.4 Å². The number of hydrogen-bond acceptors (Lipinski definition) is 10. The van der Waals surface area contributed by atoms with Crippen molar-refractivity contribution in [2.45, 2.75) is 24.1 Å². The summed E-state index contributed by atoms with van der Waals surface area (Å²) in [4.78, 5) is 27.2. The van der Waals surface area contributed by atoms with Gasteiger partial charge in [-0.1, -0.05) is 30.0 Å². The van der Waals surface area contributed by atoms with Crippen LogP contribution in [0.5, 0.6) is 0 Å². The topological polar surface area (TPSA) is 115 Å². The highest BCUT2D eigenvalue weighted by Gasteiger charge is 2.26. The van der Waals surface area contributed by atoms with Gasteiger partial charge < -0.3 is 10.2 Å². The Balaban J connectivity index is 1.34. The molecule has 0 saturated carbocycles. The Morgan fingerprint density at radius 3 is 2.82 bits per heavy atom. The van der Waals surface area contributed by atoms with E-state index in [1.165, 1.54) is 24.0 Å².